The van der Waals surface area contributed by atoms with E-state index in [0.29, 0.717) is 5.69 Å². The lowest BCUT2D eigenvalue weighted by molar-refractivity contribution is -0.383. The fourth-order valence-electron chi connectivity index (χ4n) is 2.77. The van der Waals surface area contributed by atoms with E-state index in [1.54, 1.807) is 24.3 Å². The van der Waals surface area contributed by atoms with E-state index in [4.69, 9.17) is 16.3 Å². The molecule has 1 amide bonds. The number of benzene rings is 3. The summed E-state index contributed by atoms with van der Waals surface area (Å²) in [4.78, 5) is 34.6. The average Bonchev–Trinajstić information content (AvgIpc) is 2.80. The lowest BCUT2D eigenvalue weighted by atomic mass is 10.2. The second kappa shape index (κ2) is 10.3. The summed E-state index contributed by atoms with van der Waals surface area (Å²) in [5.41, 5.74) is 0.862. The van der Waals surface area contributed by atoms with Gasteiger partial charge in [-0.15, -0.1) is 0 Å². The molecule has 3 aromatic carbocycles. The van der Waals surface area contributed by atoms with E-state index in [2.05, 4.69) is 10.0 Å². The SMILES string of the molecule is Cc1ccc(NS(=O)(=O)c2ccc(C(=O)OCC(=O)Nc3ccc(Cl)cc3[N+](=O)[O-])cc2)cc1. The predicted molar refractivity (Wildman–Crippen MR) is 125 cm³/mol. The van der Waals surface area contributed by atoms with Crippen LogP contribution >= 0.6 is 11.6 Å². The number of aryl methyl sites for hydroxylation is 1. The van der Waals surface area contributed by atoms with E-state index in [0.717, 1.165) is 11.6 Å². The third kappa shape index (κ3) is 6.30. The van der Waals surface area contributed by atoms with Gasteiger partial charge in [0, 0.05) is 16.8 Å². The molecule has 0 saturated carbocycles. The van der Waals surface area contributed by atoms with Gasteiger partial charge in [-0.2, -0.15) is 0 Å². The Morgan fingerprint density at radius 2 is 1.68 bits per heavy atom. The molecule has 0 atom stereocenters. The van der Waals surface area contributed by atoms with Gasteiger partial charge in [-0.25, -0.2) is 13.2 Å². The van der Waals surface area contributed by atoms with Crippen molar-refractivity contribution < 1.29 is 27.7 Å². The van der Waals surface area contributed by atoms with Crippen LogP contribution in [0, 0.1) is 17.0 Å². The third-order valence-corrected chi connectivity index (χ3v) is 6.10. The normalized spacial score (nSPS) is 10.9. The minimum atomic E-state index is -3.87. The molecular weight excluding hydrogens is 486 g/mol. The number of nitro groups is 1. The van der Waals surface area contributed by atoms with Crippen molar-refractivity contribution in [2.24, 2.45) is 0 Å². The highest BCUT2D eigenvalue weighted by atomic mass is 35.5. The number of rotatable bonds is 8. The van der Waals surface area contributed by atoms with Crippen molar-refractivity contribution in [2.75, 3.05) is 16.6 Å². The molecule has 0 unspecified atom stereocenters. The first-order valence-electron chi connectivity index (χ1n) is 9.65. The second-order valence-electron chi connectivity index (χ2n) is 7.04. The number of anilines is 2. The standard InChI is InChI=1S/C22H18ClN3O7S/c1-14-2-7-17(8-3-14)25-34(31,32)18-9-4-15(5-10-18)22(28)33-13-21(27)24-19-11-6-16(23)12-20(19)26(29)30/h2-12,25H,13H2,1H3,(H,24,27). The van der Waals surface area contributed by atoms with E-state index >= 15 is 0 Å². The average molecular weight is 504 g/mol. The monoisotopic (exact) mass is 503 g/mol. The number of amides is 1. The molecule has 3 aromatic rings. The van der Waals surface area contributed by atoms with E-state index in [-0.39, 0.29) is 21.2 Å². The molecule has 0 heterocycles. The van der Waals surface area contributed by atoms with E-state index in [1.807, 2.05) is 6.92 Å². The maximum Gasteiger partial charge on any atom is 0.338 e. The van der Waals surface area contributed by atoms with Crippen molar-refractivity contribution in [1.82, 2.24) is 0 Å². The van der Waals surface area contributed by atoms with Crippen LogP contribution < -0.4 is 10.0 Å². The summed E-state index contributed by atoms with van der Waals surface area (Å²) in [6, 6.07) is 15.4. The van der Waals surface area contributed by atoms with Crippen LogP contribution in [0.15, 0.2) is 71.6 Å². The zero-order valence-corrected chi connectivity index (χ0v) is 19.2. The van der Waals surface area contributed by atoms with Gasteiger partial charge in [-0.3, -0.25) is 19.6 Å². The van der Waals surface area contributed by atoms with Crippen LogP contribution in [0.25, 0.3) is 0 Å². The molecule has 0 aromatic heterocycles. The van der Waals surface area contributed by atoms with Crippen LogP contribution in [-0.4, -0.2) is 31.8 Å². The highest BCUT2D eigenvalue weighted by Crippen LogP contribution is 2.27. The number of sulfonamides is 1. The molecule has 10 nitrogen and oxygen atoms in total. The largest absolute Gasteiger partial charge is 0.452 e. The summed E-state index contributed by atoms with van der Waals surface area (Å²) in [6.45, 7) is 1.16. The Balaban J connectivity index is 1.60. The molecule has 12 heteroatoms. The Morgan fingerprint density at radius 3 is 2.29 bits per heavy atom. The molecule has 0 spiro atoms. The fraction of sp³-hybridized carbons (Fsp3) is 0.0909. The molecule has 0 aliphatic heterocycles. The number of nitrogens with zero attached hydrogens (tertiary/aromatic N) is 1. The molecule has 0 aliphatic carbocycles. The van der Waals surface area contributed by atoms with Crippen LogP contribution in [0.1, 0.15) is 15.9 Å². The molecule has 2 N–H and O–H groups in total. The van der Waals surface area contributed by atoms with E-state index in [1.165, 1.54) is 36.4 Å². The molecule has 0 radical (unpaired) electrons. The maximum atomic E-state index is 12.5. The lowest BCUT2D eigenvalue weighted by Crippen LogP contribution is -2.21. The van der Waals surface area contributed by atoms with Crippen molar-refractivity contribution in [3.05, 3.63) is 93.0 Å². The first-order chi connectivity index (χ1) is 16.0. The molecule has 0 bridgehead atoms. The lowest BCUT2D eigenvalue weighted by Gasteiger charge is -2.10. The van der Waals surface area contributed by atoms with Gasteiger partial charge in [0.25, 0.3) is 21.6 Å². The molecule has 0 aliphatic rings. The van der Waals surface area contributed by atoms with Crippen molar-refractivity contribution >= 4 is 50.6 Å². The number of hydrogen-bond acceptors (Lipinski definition) is 7. The highest BCUT2D eigenvalue weighted by molar-refractivity contribution is 7.92. The fourth-order valence-corrected chi connectivity index (χ4v) is 3.99. The number of nitrogens with one attached hydrogen (secondary N) is 2. The summed E-state index contributed by atoms with van der Waals surface area (Å²) in [6.07, 6.45) is 0. The van der Waals surface area contributed by atoms with Gasteiger partial charge in [0.05, 0.1) is 15.4 Å². The first kappa shape index (κ1) is 24.7. The predicted octanol–water partition coefficient (Wildman–Crippen LogP) is 4.15. The summed E-state index contributed by atoms with van der Waals surface area (Å²) in [5.74, 6) is -1.68. The van der Waals surface area contributed by atoms with Gasteiger partial charge in [0.2, 0.25) is 0 Å². The maximum absolute atomic E-state index is 12.5. The van der Waals surface area contributed by atoms with Gasteiger partial charge in [0.15, 0.2) is 6.61 Å². The number of nitro benzene ring substituents is 1. The van der Waals surface area contributed by atoms with Gasteiger partial charge in [0.1, 0.15) is 5.69 Å². The molecule has 176 valence electrons. The van der Waals surface area contributed by atoms with E-state index in [9.17, 15) is 28.1 Å². The Labute approximate surface area is 199 Å². The third-order valence-electron chi connectivity index (χ3n) is 4.47. The summed E-state index contributed by atoms with van der Waals surface area (Å²) in [7, 11) is -3.87. The van der Waals surface area contributed by atoms with Gasteiger partial charge >= 0.3 is 5.97 Å². The van der Waals surface area contributed by atoms with Crippen molar-refractivity contribution in [3.8, 4) is 0 Å². The highest BCUT2D eigenvalue weighted by Gasteiger charge is 2.19. The van der Waals surface area contributed by atoms with Crippen molar-refractivity contribution in [3.63, 3.8) is 0 Å². The smallest absolute Gasteiger partial charge is 0.338 e. The van der Waals surface area contributed by atoms with Gasteiger partial charge in [-0.05, 0) is 55.5 Å². The number of ether oxygens (including phenoxy) is 1. The summed E-state index contributed by atoms with van der Waals surface area (Å²) >= 11 is 5.73. The number of hydrogen-bond donors (Lipinski definition) is 2. The van der Waals surface area contributed by atoms with Crippen LogP contribution in [0.2, 0.25) is 5.02 Å². The summed E-state index contributed by atoms with van der Waals surface area (Å²) in [5, 5.41) is 13.5. The van der Waals surface area contributed by atoms with E-state index < -0.39 is 39.1 Å². The molecule has 0 saturated heterocycles. The van der Waals surface area contributed by atoms with Crippen LogP contribution in [0.5, 0.6) is 0 Å². The Hall–Kier alpha value is -3.96. The number of carbonyl (C=O) groups is 2. The quantitative estimate of drug-likeness (QED) is 0.267. The molecule has 34 heavy (non-hydrogen) atoms. The Kier molecular flexibility index (Phi) is 7.49. The zero-order valence-electron chi connectivity index (χ0n) is 17.6. The number of carbonyl (C=O) groups excluding carboxylic acids is 2. The second-order valence-corrected chi connectivity index (χ2v) is 9.16. The molecule has 3 rings (SSSR count). The van der Waals surface area contributed by atoms with Crippen LogP contribution in [-0.2, 0) is 19.6 Å². The Morgan fingerprint density at radius 1 is 1.03 bits per heavy atom. The topological polar surface area (TPSA) is 145 Å². The van der Waals surface area contributed by atoms with Gasteiger partial charge in [-0.1, -0.05) is 29.3 Å². The Bertz CT molecular complexity index is 1340. The zero-order chi connectivity index (χ0) is 24.9. The number of halogens is 1. The minimum Gasteiger partial charge on any atom is -0.452 e. The van der Waals surface area contributed by atoms with Crippen molar-refractivity contribution in [1.29, 1.82) is 0 Å². The summed E-state index contributed by atoms with van der Waals surface area (Å²) < 4.78 is 32.4. The van der Waals surface area contributed by atoms with Crippen LogP contribution in [0.3, 0.4) is 0 Å². The van der Waals surface area contributed by atoms with Crippen molar-refractivity contribution in [2.45, 2.75) is 11.8 Å². The molecule has 0 fully saturated rings. The van der Waals surface area contributed by atoms with Gasteiger partial charge < -0.3 is 10.1 Å². The minimum absolute atomic E-state index is 0.0135. The molecular formula is C22H18ClN3O7S. The number of esters is 1. The first-order valence-corrected chi connectivity index (χ1v) is 11.5. The van der Waals surface area contributed by atoms with Crippen LogP contribution in [0.4, 0.5) is 17.1 Å².